The van der Waals surface area contributed by atoms with Crippen LogP contribution < -0.4 is 0 Å². The molecule has 0 saturated carbocycles. The number of hydrogen-bond donors (Lipinski definition) is 4. The molecule has 0 heterocycles. The standard InChI is InChI=1S/C28H40O6/c1-6-19(2)15-28(18-27(3,4)26(33)34-5,22-11-7-20(8-12-22)24(31)16-29)23-13-9-21(10-14-23)25(32)17-30/h7-14,19,24-25,29-32H,6,15-18H2,1-5H3. The van der Waals surface area contributed by atoms with Crippen molar-refractivity contribution >= 4 is 5.97 Å². The maximum Gasteiger partial charge on any atom is 0.311 e. The topological polar surface area (TPSA) is 107 Å². The highest BCUT2D eigenvalue weighted by molar-refractivity contribution is 5.76. The summed E-state index contributed by atoms with van der Waals surface area (Å²) >= 11 is 0. The smallest absolute Gasteiger partial charge is 0.311 e. The quantitative estimate of drug-likeness (QED) is 0.347. The SMILES string of the molecule is CCC(C)CC(CC(C)(C)C(=O)OC)(c1ccc(C(O)CO)cc1)c1ccc(C(O)CO)cc1. The molecule has 0 radical (unpaired) electrons. The Hall–Kier alpha value is -2.25. The van der Waals surface area contributed by atoms with Gasteiger partial charge >= 0.3 is 5.97 Å². The van der Waals surface area contributed by atoms with Crippen molar-refractivity contribution < 1.29 is 30.0 Å². The van der Waals surface area contributed by atoms with Gasteiger partial charge in [0.1, 0.15) is 12.2 Å². The van der Waals surface area contributed by atoms with Gasteiger partial charge in [0.05, 0.1) is 25.7 Å². The summed E-state index contributed by atoms with van der Waals surface area (Å²) < 4.78 is 5.13. The van der Waals surface area contributed by atoms with Crippen LogP contribution in [-0.2, 0) is 14.9 Å². The van der Waals surface area contributed by atoms with Crippen LogP contribution in [0.2, 0.25) is 0 Å². The molecule has 0 aromatic heterocycles. The molecule has 2 rings (SSSR count). The van der Waals surface area contributed by atoms with Gasteiger partial charge in [-0.25, -0.2) is 0 Å². The summed E-state index contributed by atoms with van der Waals surface area (Å²) in [6.07, 6.45) is 0.310. The molecule has 0 aliphatic rings. The molecule has 0 spiro atoms. The summed E-state index contributed by atoms with van der Waals surface area (Å²) in [7, 11) is 1.40. The molecule has 0 aliphatic heterocycles. The van der Waals surface area contributed by atoms with E-state index >= 15 is 0 Å². The second-order valence-electron chi connectivity index (χ2n) is 9.99. The van der Waals surface area contributed by atoms with Gasteiger partial charge in [0.15, 0.2) is 0 Å². The number of benzene rings is 2. The molecule has 3 unspecified atom stereocenters. The van der Waals surface area contributed by atoms with Crippen LogP contribution in [0.5, 0.6) is 0 Å². The minimum atomic E-state index is -0.955. The van der Waals surface area contributed by atoms with Crippen molar-refractivity contribution in [1.29, 1.82) is 0 Å². The van der Waals surface area contributed by atoms with Gasteiger partial charge in [-0.05, 0) is 54.9 Å². The van der Waals surface area contributed by atoms with E-state index in [4.69, 9.17) is 4.74 Å². The summed E-state index contributed by atoms with van der Waals surface area (Å²) in [5.41, 5.74) is 1.89. The van der Waals surface area contributed by atoms with E-state index in [0.29, 0.717) is 23.5 Å². The molecule has 34 heavy (non-hydrogen) atoms. The third-order valence-corrected chi connectivity index (χ3v) is 6.92. The average molecular weight is 473 g/mol. The Morgan fingerprint density at radius 2 is 1.29 bits per heavy atom. The lowest BCUT2D eigenvalue weighted by atomic mass is 9.61. The summed E-state index contributed by atoms with van der Waals surface area (Å²) in [6, 6.07) is 15.1. The molecule has 4 N–H and O–H groups in total. The van der Waals surface area contributed by atoms with Crippen LogP contribution in [-0.4, -0.2) is 46.7 Å². The zero-order valence-corrected chi connectivity index (χ0v) is 21.0. The summed E-state index contributed by atoms with van der Waals surface area (Å²) in [5.74, 6) is 0.0551. The first kappa shape index (κ1) is 28.0. The first-order valence-electron chi connectivity index (χ1n) is 11.9. The van der Waals surface area contributed by atoms with Gasteiger partial charge in [-0.15, -0.1) is 0 Å². The molecule has 0 amide bonds. The fourth-order valence-corrected chi connectivity index (χ4v) is 4.78. The third-order valence-electron chi connectivity index (χ3n) is 6.92. The number of aliphatic hydroxyl groups excluding tert-OH is 4. The molecule has 0 bridgehead atoms. The van der Waals surface area contributed by atoms with Crippen LogP contribution in [0, 0.1) is 11.3 Å². The lowest BCUT2D eigenvalue weighted by molar-refractivity contribution is -0.151. The van der Waals surface area contributed by atoms with E-state index in [1.54, 1.807) is 0 Å². The first-order valence-corrected chi connectivity index (χ1v) is 11.9. The average Bonchev–Trinajstić information content (AvgIpc) is 2.86. The van der Waals surface area contributed by atoms with E-state index in [2.05, 4.69) is 13.8 Å². The molecule has 0 aliphatic carbocycles. The molecular formula is C28H40O6. The van der Waals surface area contributed by atoms with Crippen molar-refractivity contribution in [2.45, 2.75) is 64.6 Å². The van der Waals surface area contributed by atoms with E-state index in [1.807, 2.05) is 62.4 Å². The van der Waals surface area contributed by atoms with E-state index in [9.17, 15) is 25.2 Å². The Kier molecular flexibility index (Phi) is 9.83. The second-order valence-corrected chi connectivity index (χ2v) is 9.99. The minimum Gasteiger partial charge on any atom is -0.469 e. The number of rotatable bonds is 12. The monoisotopic (exact) mass is 472 g/mol. The van der Waals surface area contributed by atoms with Crippen molar-refractivity contribution in [2.75, 3.05) is 20.3 Å². The van der Waals surface area contributed by atoms with E-state index < -0.39 is 23.0 Å². The number of esters is 1. The fourth-order valence-electron chi connectivity index (χ4n) is 4.78. The van der Waals surface area contributed by atoms with Crippen LogP contribution in [0.15, 0.2) is 48.5 Å². The van der Waals surface area contributed by atoms with Crippen LogP contribution in [0.1, 0.15) is 81.4 Å². The maximum atomic E-state index is 12.7. The zero-order valence-electron chi connectivity index (χ0n) is 21.0. The van der Waals surface area contributed by atoms with Gasteiger partial charge in [-0.1, -0.05) is 68.8 Å². The van der Waals surface area contributed by atoms with Gasteiger partial charge in [0.25, 0.3) is 0 Å². The molecule has 6 heteroatoms. The number of carbonyl (C=O) groups is 1. The molecule has 6 nitrogen and oxygen atoms in total. The Morgan fingerprint density at radius 3 is 1.62 bits per heavy atom. The van der Waals surface area contributed by atoms with E-state index in [-0.39, 0.29) is 19.2 Å². The predicted octanol–water partition coefficient (Wildman–Crippen LogP) is 4.05. The van der Waals surface area contributed by atoms with Crippen molar-refractivity contribution in [3.8, 4) is 0 Å². The highest BCUT2D eigenvalue weighted by atomic mass is 16.5. The Labute approximate surface area is 203 Å². The molecule has 2 aromatic rings. The predicted molar refractivity (Wildman–Crippen MR) is 132 cm³/mol. The summed E-state index contributed by atoms with van der Waals surface area (Å²) in [5, 5.41) is 38.8. The number of ether oxygens (including phenoxy) is 1. The van der Waals surface area contributed by atoms with Gasteiger partial charge in [0.2, 0.25) is 0 Å². The number of aliphatic hydroxyl groups is 4. The summed E-state index contributed by atoms with van der Waals surface area (Å²) in [6.45, 7) is 7.38. The largest absolute Gasteiger partial charge is 0.469 e. The van der Waals surface area contributed by atoms with Crippen LogP contribution in [0.3, 0.4) is 0 Å². The van der Waals surface area contributed by atoms with Gasteiger partial charge in [0, 0.05) is 5.41 Å². The highest BCUT2D eigenvalue weighted by Gasteiger charge is 2.44. The normalized spacial score (nSPS) is 16.4. The van der Waals surface area contributed by atoms with Crippen molar-refractivity contribution in [1.82, 2.24) is 0 Å². The van der Waals surface area contributed by atoms with Gasteiger partial charge < -0.3 is 25.2 Å². The van der Waals surface area contributed by atoms with Gasteiger partial charge in [-0.3, -0.25) is 4.79 Å². The molecule has 0 fully saturated rings. The van der Waals surface area contributed by atoms with E-state index in [1.165, 1.54) is 7.11 Å². The fraction of sp³-hybridized carbons (Fsp3) is 0.536. The van der Waals surface area contributed by atoms with Crippen molar-refractivity contribution in [3.05, 3.63) is 70.8 Å². The van der Waals surface area contributed by atoms with Crippen molar-refractivity contribution in [3.63, 3.8) is 0 Å². The second kappa shape index (κ2) is 11.9. The Bertz CT molecular complexity index is 850. The Morgan fingerprint density at radius 1 is 0.882 bits per heavy atom. The molecule has 188 valence electrons. The molecule has 3 atom stereocenters. The van der Waals surface area contributed by atoms with Crippen LogP contribution >= 0.6 is 0 Å². The third kappa shape index (κ3) is 6.25. The maximum absolute atomic E-state index is 12.7. The number of carbonyl (C=O) groups excluding carboxylic acids is 1. The molecular weight excluding hydrogens is 432 g/mol. The van der Waals surface area contributed by atoms with E-state index in [0.717, 1.165) is 24.0 Å². The Balaban J connectivity index is 2.74. The zero-order chi connectivity index (χ0) is 25.5. The van der Waals surface area contributed by atoms with Crippen LogP contribution in [0.4, 0.5) is 0 Å². The van der Waals surface area contributed by atoms with Crippen LogP contribution in [0.25, 0.3) is 0 Å². The highest BCUT2D eigenvalue weighted by Crippen LogP contribution is 2.47. The number of methoxy groups -OCH3 is 1. The summed E-state index contributed by atoms with van der Waals surface area (Å²) in [4.78, 5) is 12.7. The first-order chi connectivity index (χ1) is 16.0. The minimum absolute atomic E-state index is 0.291. The van der Waals surface area contributed by atoms with Crippen molar-refractivity contribution in [2.24, 2.45) is 11.3 Å². The molecule has 2 aromatic carbocycles. The molecule has 0 saturated heterocycles. The number of hydrogen-bond acceptors (Lipinski definition) is 6. The lowest BCUT2D eigenvalue weighted by Gasteiger charge is -2.42. The lowest BCUT2D eigenvalue weighted by Crippen LogP contribution is -2.39. The van der Waals surface area contributed by atoms with Gasteiger partial charge in [-0.2, -0.15) is 0 Å².